The van der Waals surface area contributed by atoms with Crippen LogP contribution in [0, 0.1) is 5.82 Å². The van der Waals surface area contributed by atoms with Crippen LogP contribution in [0.3, 0.4) is 0 Å². The number of nitrogens with one attached hydrogen (secondary N) is 2. The van der Waals surface area contributed by atoms with E-state index < -0.39 is 11.7 Å². The van der Waals surface area contributed by atoms with Crippen molar-refractivity contribution in [3.63, 3.8) is 0 Å². The summed E-state index contributed by atoms with van der Waals surface area (Å²) in [6.07, 6.45) is 1.41. The van der Waals surface area contributed by atoms with Gasteiger partial charge in [0.25, 0.3) is 5.91 Å². The third-order valence-corrected chi connectivity index (χ3v) is 3.59. The molecular formula is C14H12BrClFN3O. The molecule has 7 heteroatoms. The number of nitrogens with zero attached hydrogens (tertiary/aromatic N) is 1. The van der Waals surface area contributed by atoms with Crippen LogP contribution in [-0.2, 0) is 0 Å². The molecule has 1 aromatic heterocycles. The Kier molecular flexibility index (Phi) is 5.14. The zero-order chi connectivity index (χ0) is 15.4. The molecular weight excluding hydrogens is 361 g/mol. The first-order chi connectivity index (χ1) is 10.0. The summed E-state index contributed by atoms with van der Waals surface area (Å²) in [7, 11) is 0. The number of carbonyl (C=O) groups excluding carboxylic acids is 1. The second-order valence-corrected chi connectivity index (χ2v) is 5.42. The lowest BCUT2D eigenvalue weighted by Gasteiger charge is -2.10. The first-order valence-corrected chi connectivity index (χ1v) is 7.34. The highest BCUT2D eigenvalue weighted by atomic mass is 79.9. The fourth-order valence-electron chi connectivity index (χ4n) is 1.67. The van der Waals surface area contributed by atoms with Gasteiger partial charge in [0.05, 0.1) is 16.3 Å². The van der Waals surface area contributed by atoms with Gasteiger partial charge in [-0.1, -0.05) is 11.6 Å². The minimum atomic E-state index is -0.395. The molecule has 4 nitrogen and oxygen atoms in total. The first kappa shape index (κ1) is 15.7. The van der Waals surface area contributed by atoms with E-state index in [-0.39, 0.29) is 5.02 Å². The lowest BCUT2D eigenvalue weighted by Crippen LogP contribution is -2.14. The number of hydrogen-bond acceptors (Lipinski definition) is 3. The Morgan fingerprint density at radius 1 is 1.43 bits per heavy atom. The summed E-state index contributed by atoms with van der Waals surface area (Å²) in [5.41, 5.74) is 0.748. The molecule has 0 aliphatic heterocycles. The summed E-state index contributed by atoms with van der Waals surface area (Å²) in [5, 5.41) is 5.92. The van der Waals surface area contributed by atoms with Crippen molar-refractivity contribution in [2.45, 2.75) is 6.92 Å². The predicted octanol–water partition coefficient (Wildman–Crippen LogP) is 4.32. The summed E-state index contributed by atoms with van der Waals surface area (Å²) < 4.78 is 13.5. The molecule has 0 unspecified atom stereocenters. The maximum Gasteiger partial charge on any atom is 0.257 e. The van der Waals surface area contributed by atoms with Crippen molar-refractivity contribution in [1.82, 2.24) is 4.98 Å². The highest BCUT2D eigenvalue weighted by molar-refractivity contribution is 9.10. The molecule has 1 amide bonds. The van der Waals surface area contributed by atoms with Crippen molar-refractivity contribution >= 4 is 44.9 Å². The van der Waals surface area contributed by atoms with Gasteiger partial charge in [0.2, 0.25) is 0 Å². The lowest BCUT2D eigenvalue weighted by atomic mass is 10.2. The van der Waals surface area contributed by atoms with Gasteiger partial charge in [-0.3, -0.25) is 4.79 Å². The molecule has 1 heterocycles. The van der Waals surface area contributed by atoms with Crippen LogP contribution >= 0.6 is 27.5 Å². The molecule has 0 saturated heterocycles. The second kappa shape index (κ2) is 6.87. The molecule has 0 saturated carbocycles. The molecule has 0 atom stereocenters. The number of anilines is 2. The van der Waals surface area contributed by atoms with Crippen LogP contribution in [0.5, 0.6) is 0 Å². The van der Waals surface area contributed by atoms with E-state index in [1.54, 1.807) is 6.07 Å². The topological polar surface area (TPSA) is 54.0 Å². The van der Waals surface area contributed by atoms with Crippen LogP contribution in [0.1, 0.15) is 17.3 Å². The van der Waals surface area contributed by atoms with E-state index >= 15 is 0 Å². The number of aromatic nitrogens is 1. The zero-order valence-corrected chi connectivity index (χ0v) is 13.4. The fraction of sp³-hybridized carbons (Fsp3) is 0.143. The quantitative estimate of drug-likeness (QED) is 0.840. The molecule has 2 aromatic rings. The number of hydrogen-bond donors (Lipinski definition) is 2. The highest BCUT2D eigenvalue weighted by Crippen LogP contribution is 2.25. The summed E-state index contributed by atoms with van der Waals surface area (Å²) in [4.78, 5) is 16.3. The van der Waals surface area contributed by atoms with Crippen LogP contribution in [0.4, 0.5) is 15.9 Å². The summed E-state index contributed by atoms with van der Waals surface area (Å²) >= 11 is 9.19. The smallest absolute Gasteiger partial charge is 0.257 e. The van der Waals surface area contributed by atoms with Crippen molar-refractivity contribution in [2.75, 3.05) is 17.2 Å². The van der Waals surface area contributed by atoms with Gasteiger partial charge in [-0.05, 0) is 47.1 Å². The summed E-state index contributed by atoms with van der Waals surface area (Å²) in [5.74, 6) is -0.227. The van der Waals surface area contributed by atoms with Gasteiger partial charge in [-0.25, -0.2) is 9.37 Å². The largest absolute Gasteiger partial charge is 0.370 e. The Morgan fingerprint density at radius 2 is 2.19 bits per heavy atom. The fourth-order valence-corrected chi connectivity index (χ4v) is 2.31. The number of pyridine rings is 1. The van der Waals surface area contributed by atoms with E-state index in [1.807, 2.05) is 6.92 Å². The Morgan fingerprint density at radius 3 is 2.86 bits per heavy atom. The molecule has 1 aromatic carbocycles. The van der Waals surface area contributed by atoms with Crippen LogP contribution in [-0.4, -0.2) is 17.4 Å². The van der Waals surface area contributed by atoms with Gasteiger partial charge in [0, 0.05) is 17.2 Å². The van der Waals surface area contributed by atoms with Crippen molar-refractivity contribution in [2.24, 2.45) is 0 Å². The molecule has 110 valence electrons. The summed E-state index contributed by atoms with van der Waals surface area (Å²) in [6.45, 7) is 2.60. The van der Waals surface area contributed by atoms with E-state index in [2.05, 4.69) is 31.5 Å². The highest BCUT2D eigenvalue weighted by Gasteiger charge is 2.14. The van der Waals surface area contributed by atoms with Crippen molar-refractivity contribution in [3.05, 3.63) is 51.3 Å². The molecule has 0 aliphatic carbocycles. The monoisotopic (exact) mass is 371 g/mol. The normalized spacial score (nSPS) is 10.3. The zero-order valence-electron chi connectivity index (χ0n) is 11.1. The molecule has 21 heavy (non-hydrogen) atoms. The second-order valence-electron chi connectivity index (χ2n) is 4.16. The standard InChI is InChI=1S/C14H12BrClFN3O/c1-2-18-13-6-9(11(16)7-19-13)14(21)20-12-4-3-8(17)5-10(12)15/h3-7H,2H2,1H3,(H,18,19)(H,20,21). The third-order valence-electron chi connectivity index (χ3n) is 2.64. The van der Waals surface area contributed by atoms with Crippen LogP contribution in [0.2, 0.25) is 5.02 Å². The Labute approximate surface area is 134 Å². The molecule has 0 radical (unpaired) electrons. The number of amides is 1. The Balaban J connectivity index is 2.25. The first-order valence-electron chi connectivity index (χ1n) is 6.17. The third kappa shape index (κ3) is 3.92. The molecule has 0 bridgehead atoms. The number of carbonyl (C=O) groups is 1. The van der Waals surface area contributed by atoms with Gasteiger partial charge >= 0.3 is 0 Å². The van der Waals surface area contributed by atoms with Crippen LogP contribution in [0.15, 0.2) is 34.9 Å². The van der Waals surface area contributed by atoms with Gasteiger partial charge < -0.3 is 10.6 Å². The maximum absolute atomic E-state index is 13.0. The van der Waals surface area contributed by atoms with E-state index in [1.165, 1.54) is 24.4 Å². The number of rotatable bonds is 4. The van der Waals surface area contributed by atoms with Crippen LogP contribution < -0.4 is 10.6 Å². The summed E-state index contributed by atoms with van der Waals surface area (Å²) in [6, 6.07) is 5.57. The van der Waals surface area contributed by atoms with E-state index in [4.69, 9.17) is 11.6 Å². The maximum atomic E-state index is 13.0. The van der Waals surface area contributed by atoms with Crippen molar-refractivity contribution in [3.8, 4) is 0 Å². The van der Waals surface area contributed by atoms with Gasteiger partial charge in [0.1, 0.15) is 11.6 Å². The molecule has 0 aliphatic rings. The van der Waals surface area contributed by atoms with Crippen LogP contribution in [0.25, 0.3) is 0 Å². The molecule has 2 rings (SSSR count). The van der Waals surface area contributed by atoms with E-state index in [9.17, 15) is 9.18 Å². The van der Waals surface area contributed by atoms with Gasteiger partial charge in [0.15, 0.2) is 0 Å². The number of benzene rings is 1. The SMILES string of the molecule is CCNc1cc(C(=O)Nc2ccc(F)cc2Br)c(Cl)cn1. The minimum Gasteiger partial charge on any atom is -0.370 e. The van der Waals surface area contributed by atoms with Crippen molar-refractivity contribution < 1.29 is 9.18 Å². The minimum absolute atomic E-state index is 0.243. The van der Waals surface area contributed by atoms with E-state index in [0.717, 1.165) is 0 Å². The molecule has 0 fully saturated rings. The van der Waals surface area contributed by atoms with Gasteiger partial charge in [-0.15, -0.1) is 0 Å². The van der Waals surface area contributed by atoms with E-state index in [0.29, 0.717) is 28.1 Å². The molecule has 2 N–H and O–H groups in total. The number of halogens is 3. The Hall–Kier alpha value is -1.66. The average molecular weight is 373 g/mol. The Bertz CT molecular complexity index is 681. The average Bonchev–Trinajstić information content (AvgIpc) is 2.44. The van der Waals surface area contributed by atoms with Gasteiger partial charge in [-0.2, -0.15) is 0 Å². The van der Waals surface area contributed by atoms with Crippen molar-refractivity contribution in [1.29, 1.82) is 0 Å². The molecule has 0 spiro atoms. The lowest BCUT2D eigenvalue weighted by molar-refractivity contribution is 0.102. The predicted molar refractivity (Wildman–Crippen MR) is 85.5 cm³/mol.